The van der Waals surface area contributed by atoms with Crippen LogP contribution in [0.25, 0.3) is 0 Å². The third-order valence-electron chi connectivity index (χ3n) is 1.45. The summed E-state index contributed by atoms with van der Waals surface area (Å²) in [5, 5.41) is 3.08. The third-order valence-corrected chi connectivity index (χ3v) is 3.15. The van der Waals surface area contributed by atoms with Crippen LogP contribution in [-0.2, 0) is 0 Å². The number of aldehydes is 1. The van der Waals surface area contributed by atoms with Gasteiger partial charge >= 0.3 is 0 Å². The molecule has 0 aliphatic carbocycles. The second-order valence-electron chi connectivity index (χ2n) is 2.23. The van der Waals surface area contributed by atoms with E-state index in [0.717, 1.165) is 24.7 Å². The van der Waals surface area contributed by atoms with E-state index in [1.54, 1.807) is 0 Å². The lowest BCUT2D eigenvalue weighted by Crippen LogP contribution is -1.96. The van der Waals surface area contributed by atoms with E-state index < -0.39 is 0 Å². The van der Waals surface area contributed by atoms with Crippen LogP contribution in [0.1, 0.15) is 10.4 Å². The van der Waals surface area contributed by atoms with Crippen LogP contribution in [0.4, 0.5) is 5.69 Å². The molecule has 1 N–H and O–H groups in total. The van der Waals surface area contributed by atoms with Crippen molar-refractivity contribution in [1.29, 1.82) is 0 Å². The molecular formula is C8H7I2NO. The summed E-state index contributed by atoms with van der Waals surface area (Å²) in [4.78, 5) is 10.5. The molecule has 64 valence electrons. The predicted octanol–water partition coefficient (Wildman–Crippen LogP) is 2.75. The average molecular weight is 387 g/mol. The Kier molecular flexibility index (Phi) is 3.76. The Bertz CT molecular complexity index is 289. The summed E-state index contributed by atoms with van der Waals surface area (Å²) in [6.07, 6.45) is 0.865. The summed E-state index contributed by atoms with van der Waals surface area (Å²) >= 11 is 4.42. The van der Waals surface area contributed by atoms with Gasteiger partial charge in [-0.3, -0.25) is 4.79 Å². The van der Waals surface area contributed by atoms with E-state index in [0.29, 0.717) is 0 Å². The summed E-state index contributed by atoms with van der Waals surface area (Å²) in [7, 11) is 1.88. The monoisotopic (exact) mass is 387 g/mol. The fourth-order valence-electron chi connectivity index (χ4n) is 0.900. The molecule has 0 atom stereocenters. The van der Waals surface area contributed by atoms with Gasteiger partial charge in [-0.15, -0.1) is 0 Å². The quantitative estimate of drug-likeness (QED) is 0.625. The first-order valence-corrected chi connectivity index (χ1v) is 5.46. The van der Waals surface area contributed by atoms with E-state index in [2.05, 4.69) is 50.5 Å². The first kappa shape index (κ1) is 10.2. The SMILES string of the molecule is CNc1c(I)cc(C=O)cc1I. The molecule has 4 heteroatoms. The number of carbonyl (C=O) groups excluding carboxylic acids is 1. The topological polar surface area (TPSA) is 29.1 Å². The first-order valence-electron chi connectivity index (χ1n) is 3.31. The highest BCUT2D eigenvalue weighted by atomic mass is 127. The van der Waals surface area contributed by atoms with Gasteiger partial charge in [-0.2, -0.15) is 0 Å². The molecule has 0 saturated carbocycles. The van der Waals surface area contributed by atoms with Gasteiger partial charge in [0.25, 0.3) is 0 Å². The minimum atomic E-state index is 0.725. The van der Waals surface area contributed by atoms with E-state index >= 15 is 0 Å². The Labute approximate surface area is 98.4 Å². The highest BCUT2D eigenvalue weighted by molar-refractivity contribution is 14.1. The lowest BCUT2D eigenvalue weighted by Gasteiger charge is -2.06. The van der Waals surface area contributed by atoms with Crippen molar-refractivity contribution in [2.75, 3.05) is 12.4 Å². The molecule has 0 bridgehead atoms. The summed E-state index contributed by atoms with van der Waals surface area (Å²) in [6, 6.07) is 3.73. The summed E-state index contributed by atoms with van der Waals surface area (Å²) in [5.41, 5.74) is 1.81. The lowest BCUT2D eigenvalue weighted by molar-refractivity contribution is 0.112. The number of benzene rings is 1. The van der Waals surface area contributed by atoms with Crippen LogP contribution < -0.4 is 5.32 Å². The molecule has 0 radical (unpaired) electrons. The standard InChI is InChI=1S/C8H7I2NO/c1-11-8-6(9)2-5(4-12)3-7(8)10/h2-4,11H,1H3. The van der Waals surface area contributed by atoms with E-state index in [4.69, 9.17) is 0 Å². The fraction of sp³-hybridized carbons (Fsp3) is 0.125. The normalized spacial score (nSPS) is 9.58. The zero-order valence-corrected chi connectivity index (χ0v) is 10.7. The van der Waals surface area contributed by atoms with Crippen molar-refractivity contribution in [2.24, 2.45) is 0 Å². The van der Waals surface area contributed by atoms with Gasteiger partial charge in [0.05, 0.1) is 5.69 Å². The maximum Gasteiger partial charge on any atom is 0.150 e. The van der Waals surface area contributed by atoms with Crippen molar-refractivity contribution in [3.63, 3.8) is 0 Å². The highest BCUT2D eigenvalue weighted by Gasteiger charge is 2.04. The van der Waals surface area contributed by atoms with Gasteiger partial charge in [0.15, 0.2) is 0 Å². The van der Waals surface area contributed by atoms with Crippen molar-refractivity contribution in [3.05, 3.63) is 24.8 Å². The van der Waals surface area contributed by atoms with Crippen molar-refractivity contribution in [1.82, 2.24) is 0 Å². The minimum Gasteiger partial charge on any atom is -0.386 e. The molecule has 0 unspecified atom stereocenters. The Morgan fingerprint density at radius 1 is 1.33 bits per heavy atom. The molecule has 0 heterocycles. The second kappa shape index (κ2) is 4.40. The van der Waals surface area contributed by atoms with Crippen molar-refractivity contribution < 1.29 is 4.79 Å². The van der Waals surface area contributed by atoms with Crippen molar-refractivity contribution in [3.8, 4) is 0 Å². The van der Waals surface area contributed by atoms with Gasteiger partial charge in [0.1, 0.15) is 6.29 Å². The van der Waals surface area contributed by atoms with E-state index in [-0.39, 0.29) is 0 Å². The van der Waals surface area contributed by atoms with E-state index in [9.17, 15) is 4.79 Å². The van der Waals surface area contributed by atoms with Gasteiger partial charge < -0.3 is 5.32 Å². The van der Waals surface area contributed by atoms with Gasteiger partial charge in [-0.1, -0.05) is 0 Å². The van der Waals surface area contributed by atoms with Gasteiger partial charge in [-0.25, -0.2) is 0 Å². The molecule has 0 aromatic heterocycles. The molecule has 1 aromatic carbocycles. The Morgan fingerprint density at radius 3 is 2.17 bits per heavy atom. The Morgan fingerprint density at radius 2 is 1.83 bits per heavy atom. The molecule has 0 saturated heterocycles. The number of carbonyl (C=O) groups is 1. The number of rotatable bonds is 2. The average Bonchev–Trinajstić information content (AvgIpc) is 2.03. The maximum atomic E-state index is 10.5. The van der Waals surface area contributed by atoms with Crippen LogP contribution in [0.3, 0.4) is 0 Å². The highest BCUT2D eigenvalue weighted by Crippen LogP contribution is 2.25. The molecule has 0 amide bonds. The van der Waals surface area contributed by atoms with Crippen LogP contribution in [0.2, 0.25) is 0 Å². The molecule has 1 aromatic rings. The maximum absolute atomic E-state index is 10.5. The van der Waals surface area contributed by atoms with Gasteiger partial charge in [0.2, 0.25) is 0 Å². The third kappa shape index (κ3) is 2.09. The molecular weight excluding hydrogens is 380 g/mol. The second-order valence-corrected chi connectivity index (χ2v) is 4.55. The van der Waals surface area contributed by atoms with Crippen molar-refractivity contribution in [2.45, 2.75) is 0 Å². The van der Waals surface area contributed by atoms with Crippen LogP contribution in [-0.4, -0.2) is 13.3 Å². The molecule has 0 aliphatic heterocycles. The fourth-order valence-corrected chi connectivity index (χ4v) is 3.26. The van der Waals surface area contributed by atoms with E-state index in [1.165, 1.54) is 0 Å². The first-order chi connectivity index (χ1) is 5.69. The molecule has 0 aliphatic rings. The van der Waals surface area contributed by atoms with Crippen molar-refractivity contribution >= 4 is 57.2 Å². The number of hydrogen-bond donors (Lipinski definition) is 1. The Balaban J connectivity index is 3.27. The van der Waals surface area contributed by atoms with Crippen LogP contribution in [0.15, 0.2) is 12.1 Å². The number of nitrogens with one attached hydrogen (secondary N) is 1. The van der Waals surface area contributed by atoms with Crippen LogP contribution in [0.5, 0.6) is 0 Å². The predicted molar refractivity (Wildman–Crippen MR) is 66.8 cm³/mol. The Hall–Kier alpha value is 0.150. The van der Waals surface area contributed by atoms with E-state index in [1.807, 2.05) is 19.2 Å². The lowest BCUT2D eigenvalue weighted by atomic mass is 10.2. The molecule has 12 heavy (non-hydrogen) atoms. The van der Waals surface area contributed by atoms with Gasteiger partial charge in [-0.05, 0) is 57.3 Å². The number of anilines is 1. The number of hydrogen-bond acceptors (Lipinski definition) is 2. The summed E-state index contributed by atoms with van der Waals surface area (Å²) in [5.74, 6) is 0. The summed E-state index contributed by atoms with van der Waals surface area (Å²) in [6.45, 7) is 0. The van der Waals surface area contributed by atoms with Crippen LogP contribution >= 0.6 is 45.2 Å². The molecule has 0 fully saturated rings. The smallest absolute Gasteiger partial charge is 0.150 e. The molecule has 2 nitrogen and oxygen atoms in total. The zero-order valence-electron chi connectivity index (χ0n) is 6.40. The molecule has 0 spiro atoms. The van der Waals surface area contributed by atoms with Crippen LogP contribution in [0, 0.1) is 7.14 Å². The summed E-state index contributed by atoms with van der Waals surface area (Å²) < 4.78 is 2.15. The zero-order chi connectivity index (χ0) is 9.14. The largest absolute Gasteiger partial charge is 0.386 e. The molecule has 1 rings (SSSR count). The number of halogens is 2. The minimum absolute atomic E-state index is 0.725. The van der Waals surface area contributed by atoms with Gasteiger partial charge in [0, 0.05) is 19.8 Å².